The number of aromatic nitrogens is 2. The van der Waals surface area contributed by atoms with Crippen LogP contribution in [0.25, 0.3) is 0 Å². The zero-order valence-corrected chi connectivity index (χ0v) is 16.3. The van der Waals surface area contributed by atoms with Gasteiger partial charge in [-0.1, -0.05) is 17.8 Å². The number of carbonyl (C=O) groups is 2. The van der Waals surface area contributed by atoms with E-state index in [1.165, 1.54) is 17.3 Å². The van der Waals surface area contributed by atoms with E-state index in [-0.39, 0.29) is 17.9 Å². The summed E-state index contributed by atoms with van der Waals surface area (Å²) in [5.41, 5.74) is 3.05. The first-order chi connectivity index (χ1) is 13.7. The number of fused-ring (bicyclic) bond motifs is 1. The van der Waals surface area contributed by atoms with Gasteiger partial charge in [-0.25, -0.2) is 9.97 Å². The van der Waals surface area contributed by atoms with Crippen LogP contribution in [-0.2, 0) is 27.3 Å². The maximum absolute atomic E-state index is 12.6. The maximum Gasteiger partial charge on any atom is 0.253 e. The Morgan fingerprint density at radius 1 is 1.25 bits per heavy atom. The second kappa shape index (κ2) is 8.70. The smallest absolute Gasteiger partial charge is 0.253 e. The first-order valence-corrected chi connectivity index (χ1v) is 10.4. The van der Waals surface area contributed by atoms with E-state index in [9.17, 15) is 9.59 Å². The summed E-state index contributed by atoms with van der Waals surface area (Å²) in [5, 5.41) is 3.54. The molecule has 1 aromatic heterocycles. The van der Waals surface area contributed by atoms with E-state index in [0.29, 0.717) is 30.6 Å². The third kappa shape index (κ3) is 4.51. The molecule has 146 valence electrons. The lowest BCUT2D eigenvalue weighted by Gasteiger charge is -2.29. The van der Waals surface area contributed by atoms with E-state index in [1.807, 2.05) is 23.1 Å². The van der Waals surface area contributed by atoms with Gasteiger partial charge in [0.25, 0.3) is 5.91 Å². The van der Waals surface area contributed by atoms with Gasteiger partial charge < -0.3 is 15.0 Å². The quantitative estimate of drug-likeness (QED) is 0.614. The molecule has 2 aliphatic heterocycles. The summed E-state index contributed by atoms with van der Waals surface area (Å²) < 4.78 is 5.43. The van der Waals surface area contributed by atoms with Gasteiger partial charge in [-0.05, 0) is 48.6 Å². The highest BCUT2D eigenvalue weighted by atomic mass is 32.2. The van der Waals surface area contributed by atoms with Crippen molar-refractivity contribution in [3.8, 4) is 0 Å². The molecule has 2 aromatic rings. The van der Waals surface area contributed by atoms with Crippen molar-refractivity contribution in [2.24, 2.45) is 0 Å². The number of thioether (sulfide) groups is 1. The standard InChI is InChI=1S/C20H22N4O3S/c25-18(13-28-20-21-7-2-8-22-20)24-9-6-14-4-5-16(11-15(14)12-24)23-19(26)17-3-1-10-27-17/h2,4-5,7-8,11,17H,1,3,6,9-10,12-13H2,(H,23,26)/t17-/m0/s1. The molecule has 3 heterocycles. The first kappa shape index (κ1) is 18.9. The zero-order valence-electron chi connectivity index (χ0n) is 15.5. The maximum atomic E-state index is 12.6. The molecule has 2 amide bonds. The highest BCUT2D eigenvalue weighted by molar-refractivity contribution is 7.99. The molecule has 28 heavy (non-hydrogen) atoms. The lowest BCUT2D eigenvalue weighted by atomic mass is 9.99. The van der Waals surface area contributed by atoms with Crippen molar-refractivity contribution in [3.63, 3.8) is 0 Å². The summed E-state index contributed by atoms with van der Waals surface area (Å²) in [4.78, 5) is 35.0. The van der Waals surface area contributed by atoms with Crippen LogP contribution in [0, 0.1) is 0 Å². The van der Waals surface area contributed by atoms with Gasteiger partial charge in [0, 0.05) is 37.8 Å². The molecule has 0 bridgehead atoms. The minimum atomic E-state index is -0.355. The SMILES string of the molecule is O=C(Nc1ccc2c(c1)CN(C(=O)CSc1ncccn1)CC2)[C@@H]1CCCO1. The molecule has 1 aromatic carbocycles. The molecule has 0 unspecified atom stereocenters. The fourth-order valence-electron chi connectivity index (χ4n) is 3.43. The largest absolute Gasteiger partial charge is 0.368 e. The first-order valence-electron chi connectivity index (χ1n) is 9.41. The molecule has 0 aliphatic carbocycles. The van der Waals surface area contributed by atoms with Crippen LogP contribution in [0.1, 0.15) is 24.0 Å². The van der Waals surface area contributed by atoms with E-state index < -0.39 is 0 Å². The molecule has 8 heteroatoms. The number of nitrogens with zero attached hydrogens (tertiary/aromatic N) is 3. The predicted molar refractivity (Wildman–Crippen MR) is 106 cm³/mol. The number of amides is 2. The summed E-state index contributed by atoms with van der Waals surface area (Å²) in [7, 11) is 0. The zero-order chi connectivity index (χ0) is 19.3. The summed E-state index contributed by atoms with van der Waals surface area (Å²) in [5.74, 6) is 0.284. The highest BCUT2D eigenvalue weighted by Crippen LogP contribution is 2.24. The normalized spacial score (nSPS) is 18.6. The van der Waals surface area contributed by atoms with Crippen LogP contribution in [0.2, 0.25) is 0 Å². The Morgan fingerprint density at radius 3 is 2.89 bits per heavy atom. The second-order valence-electron chi connectivity index (χ2n) is 6.86. The number of nitrogens with one attached hydrogen (secondary N) is 1. The molecule has 0 saturated carbocycles. The summed E-state index contributed by atoms with van der Waals surface area (Å²) in [6.45, 7) is 1.89. The molecule has 1 saturated heterocycles. The van der Waals surface area contributed by atoms with Crippen molar-refractivity contribution >= 4 is 29.3 Å². The van der Waals surface area contributed by atoms with Gasteiger partial charge in [0.2, 0.25) is 5.91 Å². The average molecular weight is 398 g/mol. The van der Waals surface area contributed by atoms with Crippen LogP contribution in [0.15, 0.2) is 41.8 Å². The van der Waals surface area contributed by atoms with E-state index in [2.05, 4.69) is 15.3 Å². The van der Waals surface area contributed by atoms with Gasteiger partial charge in [-0.2, -0.15) is 0 Å². The lowest BCUT2D eigenvalue weighted by molar-refractivity contribution is -0.129. The molecule has 1 N–H and O–H groups in total. The third-order valence-electron chi connectivity index (χ3n) is 4.93. The Kier molecular flexibility index (Phi) is 5.87. The number of hydrogen-bond donors (Lipinski definition) is 1. The molecule has 0 spiro atoms. The van der Waals surface area contributed by atoms with Crippen LogP contribution >= 0.6 is 11.8 Å². The van der Waals surface area contributed by atoms with Crippen molar-refractivity contribution in [1.82, 2.24) is 14.9 Å². The van der Waals surface area contributed by atoms with Crippen molar-refractivity contribution in [1.29, 1.82) is 0 Å². The molecular weight excluding hydrogens is 376 g/mol. The van der Waals surface area contributed by atoms with E-state index >= 15 is 0 Å². The minimum absolute atomic E-state index is 0.0666. The number of anilines is 1. The Hall–Kier alpha value is -2.45. The monoisotopic (exact) mass is 398 g/mol. The van der Waals surface area contributed by atoms with E-state index in [4.69, 9.17) is 4.74 Å². The third-order valence-corrected chi connectivity index (χ3v) is 5.79. The van der Waals surface area contributed by atoms with Crippen LogP contribution in [0.3, 0.4) is 0 Å². The Bertz CT molecular complexity index is 856. The van der Waals surface area contributed by atoms with Crippen molar-refractivity contribution in [2.45, 2.75) is 37.1 Å². The van der Waals surface area contributed by atoms with E-state index in [1.54, 1.807) is 18.5 Å². The number of carbonyl (C=O) groups excluding carboxylic acids is 2. The summed E-state index contributed by atoms with van der Waals surface area (Å²) in [6.07, 6.45) is 5.49. The van der Waals surface area contributed by atoms with Gasteiger partial charge in [0.1, 0.15) is 6.10 Å². The van der Waals surface area contributed by atoms with Crippen LogP contribution < -0.4 is 5.32 Å². The van der Waals surface area contributed by atoms with Crippen molar-refractivity contribution in [3.05, 3.63) is 47.8 Å². The number of benzene rings is 1. The summed E-state index contributed by atoms with van der Waals surface area (Å²) in [6, 6.07) is 7.68. The van der Waals surface area contributed by atoms with Crippen LogP contribution in [0.5, 0.6) is 0 Å². The highest BCUT2D eigenvalue weighted by Gasteiger charge is 2.25. The molecule has 0 radical (unpaired) electrons. The summed E-state index contributed by atoms with van der Waals surface area (Å²) >= 11 is 1.34. The number of ether oxygens (including phenoxy) is 1. The molecule has 4 rings (SSSR count). The second-order valence-corrected chi connectivity index (χ2v) is 7.80. The average Bonchev–Trinajstić information content (AvgIpc) is 3.27. The minimum Gasteiger partial charge on any atom is -0.368 e. The van der Waals surface area contributed by atoms with Crippen LogP contribution in [-0.4, -0.2) is 51.7 Å². The molecular formula is C20H22N4O3S. The lowest BCUT2D eigenvalue weighted by Crippen LogP contribution is -2.37. The Morgan fingerprint density at radius 2 is 2.11 bits per heavy atom. The molecule has 1 fully saturated rings. The van der Waals surface area contributed by atoms with Crippen LogP contribution in [0.4, 0.5) is 5.69 Å². The van der Waals surface area contributed by atoms with E-state index in [0.717, 1.165) is 30.5 Å². The molecule has 7 nitrogen and oxygen atoms in total. The van der Waals surface area contributed by atoms with Gasteiger partial charge >= 0.3 is 0 Å². The van der Waals surface area contributed by atoms with Gasteiger partial charge in [-0.3, -0.25) is 9.59 Å². The Labute approximate surface area is 167 Å². The van der Waals surface area contributed by atoms with Gasteiger partial charge in [0.15, 0.2) is 5.16 Å². The number of rotatable bonds is 5. The van der Waals surface area contributed by atoms with Gasteiger partial charge in [-0.15, -0.1) is 0 Å². The predicted octanol–water partition coefficient (Wildman–Crippen LogP) is 2.27. The van der Waals surface area contributed by atoms with Gasteiger partial charge in [0.05, 0.1) is 5.75 Å². The van der Waals surface area contributed by atoms with Crippen molar-refractivity contribution < 1.29 is 14.3 Å². The van der Waals surface area contributed by atoms with Crippen molar-refractivity contribution in [2.75, 3.05) is 24.2 Å². The molecule has 2 aliphatic rings. The Balaban J connectivity index is 1.36. The fraction of sp³-hybridized carbons (Fsp3) is 0.400. The molecule has 1 atom stereocenters. The topological polar surface area (TPSA) is 84.4 Å². The number of hydrogen-bond acceptors (Lipinski definition) is 6. The fourth-order valence-corrected chi connectivity index (χ4v) is 4.14.